The highest BCUT2D eigenvalue weighted by atomic mass is 19.4. The number of benzene rings is 2. The van der Waals surface area contributed by atoms with E-state index in [0.29, 0.717) is 0 Å². The summed E-state index contributed by atoms with van der Waals surface area (Å²) in [5, 5.41) is 55.4. The molecule has 44 heavy (non-hydrogen) atoms. The Kier molecular flexibility index (Phi) is 8.57. The van der Waals surface area contributed by atoms with Gasteiger partial charge in [-0.25, -0.2) is 0 Å². The predicted octanol–water partition coefficient (Wildman–Crippen LogP) is 1.00. The van der Waals surface area contributed by atoms with Crippen LogP contribution in [-0.2, 0) is 14.3 Å². The molecular weight excluding hydrogens is 618 g/mol. The SMILES string of the molecule is CC1C(O)[C@H]2O[C@@H](O)[C@@](O)(C(=O)COc3ccc(OC(F)(F)F)cc3)[C@](O)(C(=O)COc3ccc(OC(F)(F)F)cc3)[C@@]12O. The van der Waals surface area contributed by atoms with Crippen molar-refractivity contribution in [2.45, 2.75) is 54.9 Å². The number of aliphatic hydroxyl groups is 5. The summed E-state index contributed by atoms with van der Waals surface area (Å²) in [6.07, 6.45) is -16.2. The fourth-order valence-corrected chi connectivity index (χ4v) is 5.13. The van der Waals surface area contributed by atoms with Crippen LogP contribution in [0.1, 0.15) is 6.92 Å². The molecule has 0 aromatic heterocycles. The fraction of sp³-hybridized carbons (Fsp3) is 0.462. The Morgan fingerprint density at radius 1 is 0.750 bits per heavy atom. The Labute approximate surface area is 242 Å². The van der Waals surface area contributed by atoms with Gasteiger partial charge in [0, 0.05) is 5.92 Å². The molecule has 5 N–H and O–H groups in total. The summed E-state index contributed by atoms with van der Waals surface area (Å²) >= 11 is 0. The number of hydrogen-bond donors (Lipinski definition) is 5. The molecule has 18 heteroatoms. The van der Waals surface area contributed by atoms with Crippen molar-refractivity contribution < 1.29 is 85.1 Å². The second-order valence-electron chi connectivity index (χ2n) is 9.95. The van der Waals surface area contributed by atoms with Crippen molar-refractivity contribution in [3.63, 3.8) is 0 Å². The van der Waals surface area contributed by atoms with E-state index < -0.39 is 90.2 Å². The first kappa shape index (κ1) is 33.2. The van der Waals surface area contributed by atoms with Gasteiger partial charge in [0.1, 0.15) is 47.9 Å². The molecule has 0 bridgehead atoms. The van der Waals surface area contributed by atoms with Gasteiger partial charge in [0.05, 0.1) is 6.10 Å². The predicted molar refractivity (Wildman–Crippen MR) is 128 cm³/mol. The van der Waals surface area contributed by atoms with E-state index in [-0.39, 0.29) is 11.5 Å². The molecule has 0 radical (unpaired) electrons. The van der Waals surface area contributed by atoms with Gasteiger partial charge < -0.3 is 49.2 Å². The number of carbonyl (C=O) groups excluding carboxylic acids is 2. The summed E-state index contributed by atoms with van der Waals surface area (Å²) in [6, 6.07) is 7.07. The van der Waals surface area contributed by atoms with Crippen molar-refractivity contribution in [3.05, 3.63) is 48.5 Å². The van der Waals surface area contributed by atoms with E-state index in [1.54, 1.807) is 0 Å². The maximum Gasteiger partial charge on any atom is 0.573 e. The van der Waals surface area contributed by atoms with Gasteiger partial charge in [0.25, 0.3) is 0 Å². The van der Waals surface area contributed by atoms with E-state index in [1.807, 2.05) is 0 Å². The first-order valence-electron chi connectivity index (χ1n) is 12.5. The Hall–Kier alpha value is -3.68. The van der Waals surface area contributed by atoms with Crippen molar-refractivity contribution in [1.29, 1.82) is 0 Å². The molecule has 2 unspecified atom stereocenters. The van der Waals surface area contributed by atoms with Crippen LogP contribution in [0.3, 0.4) is 0 Å². The lowest BCUT2D eigenvalue weighted by molar-refractivity contribution is -0.428. The third kappa shape index (κ3) is 5.75. The van der Waals surface area contributed by atoms with E-state index in [1.165, 1.54) is 0 Å². The minimum atomic E-state index is -4.99. The minimum Gasteiger partial charge on any atom is -0.486 e. The van der Waals surface area contributed by atoms with Crippen LogP contribution in [-0.4, -0.2) is 98.3 Å². The number of ether oxygens (including phenoxy) is 5. The first-order chi connectivity index (χ1) is 20.2. The number of Topliss-reactive ketones (excluding diaryl/α,β-unsaturated/α-hetero) is 2. The molecule has 0 amide bonds. The molecule has 242 valence electrons. The minimum absolute atomic E-state index is 0.259. The van der Waals surface area contributed by atoms with Gasteiger partial charge >= 0.3 is 12.7 Å². The number of halogens is 6. The molecular formula is C26H24F6O12. The number of alkyl halides is 6. The molecule has 1 heterocycles. The zero-order valence-corrected chi connectivity index (χ0v) is 22.2. The molecule has 1 aliphatic heterocycles. The maximum atomic E-state index is 13.5. The topological polar surface area (TPSA) is 181 Å². The van der Waals surface area contributed by atoms with E-state index in [9.17, 15) is 61.5 Å². The third-order valence-electron chi connectivity index (χ3n) is 7.40. The molecule has 1 saturated heterocycles. The van der Waals surface area contributed by atoms with Crippen LogP contribution in [0.25, 0.3) is 0 Å². The Bertz CT molecular complexity index is 1370. The van der Waals surface area contributed by atoms with E-state index in [0.717, 1.165) is 55.5 Å². The summed E-state index contributed by atoms with van der Waals surface area (Å²) in [5.74, 6) is -6.52. The van der Waals surface area contributed by atoms with Crippen molar-refractivity contribution in [1.82, 2.24) is 0 Å². The number of carbonyl (C=O) groups is 2. The van der Waals surface area contributed by atoms with Crippen LogP contribution >= 0.6 is 0 Å². The zero-order valence-electron chi connectivity index (χ0n) is 22.2. The Balaban J connectivity index is 1.57. The third-order valence-corrected chi connectivity index (χ3v) is 7.40. The molecule has 1 saturated carbocycles. The van der Waals surface area contributed by atoms with E-state index >= 15 is 0 Å². The standard InChI is InChI=1S/C26H24F6O12/c1-12-19(35)20-22(12,37)24(39,18(34)11-41-14-4-8-16(9-5-14)44-26(30,31)32)23(38,21(36)42-20)17(33)10-40-13-2-6-15(7-3-13)43-25(27,28)29/h2-9,12,19-21,35-39H,10-11H2,1H3/t12?,19?,20-,21-,22-,23+,24+/m1/s1. The van der Waals surface area contributed by atoms with Gasteiger partial charge in [-0.15, -0.1) is 26.3 Å². The van der Waals surface area contributed by atoms with Crippen LogP contribution in [0.2, 0.25) is 0 Å². The average molecular weight is 642 g/mol. The number of rotatable bonds is 10. The Morgan fingerprint density at radius 2 is 1.14 bits per heavy atom. The van der Waals surface area contributed by atoms with Gasteiger partial charge in [-0.2, -0.15) is 0 Å². The van der Waals surface area contributed by atoms with E-state index in [2.05, 4.69) is 9.47 Å². The summed E-state index contributed by atoms with van der Waals surface area (Å²) in [7, 11) is 0. The highest BCUT2D eigenvalue weighted by Crippen LogP contribution is 2.56. The normalized spacial score (nSPS) is 31.7. The fourth-order valence-electron chi connectivity index (χ4n) is 5.13. The number of aliphatic hydroxyl groups excluding tert-OH is 2. The first-order valence-corrected chi connectivity index (χ1v) is 12.5. The Morgan fingerprint density at radius 3 is 1.55 bits per heavy atom. The highest BCUT2D eigenvalue weighted by Gasteiger charge is 2.84. The van der Waals surface area contributed by atoms with Gasteiger partial charge in [-0.1, -0.05) is 6.92 Å². The van der Waals surface area contributed by atoms with Gasteiger partial charge in [0.2, 0.25) is 17.2 Å². The summed E-state index contributed by atoms with van der Waals surface area (Å²) < 4.78 is 97.1. The van der Waals surface area contributed by atoms with Crippen LogP contribution in [0.15, 0.2) is 48.5 Å². The van der Waals surface area contributed by atoms with Crippen LogP contribution in [0.4, 0.5) is 26.3 Å². The highest BCUT2D eigenvalue weighted by molar-refractivity contribution is 6.02. The summed E-state index contributed by atoms with van der Waals surface area (Å²) in [4.78, 5) is 26.8. The maximum absolute atomic E-state index is 13.5. The molecule has 4 rings (SSSR count). The molecule has 2 aliphatic rings. The second-order valence-corrected chi connectivity index (χ2v) is 9.95. The molecule has 2 aromatic rings. The lowest BCUT2D eigenvalue weighted by Crippen LogP contribution is -2.93. The van der Waals surface area contributed by atoms with Crippen molar-refractivity contribution in [3.8, 4) is 23.0 Å². The smallest absolute Gasteiger partial charge is 0.486 e. The lowest BCUT2D eigenvalue weighted by Gasteiger charge is -2.66. The molecule has 2 fully saturated rings. The molecule has 1 aliphatic carbocycles. The van der Waals surface area contributed by atoms with Crippen LogP contribution in [0.5, 0.6) is 23.0 Å². The van der Waals surface area contributed by atoms with Crippen molar-refractivity contribution in [2.75, 3.05) is 13.2 Å². The number of ketones is 2. The lowest BCUT2D eigenvalue weighted by atomic mass is 9.49. The monoisotopic (exact) mass is 642 g/mol. The summed E-state index contributed by atoms with van der Waals surface area (Å²) in [6.45, 7) is -1.35. The van der Waals surface area contributed by atoms with Crippen molar-refractivity contribution in [2.24, 2.45) is 5.92 Å². The van der Waals surface area contributed by atoms with Crippen molar-refractivity contribution >= 4 is 11.6 Å². The summed E-state index contributed by atoms with van der Waals surface area (Å²) in [5.41, 5.74) is -10.2. The molecule has 0 spiro atoms. The molecule has 7 atom stereocenters. The van der Waals surface area contributed by atoms with Gasteiger partial charge in [-0.3, -0.25) is 9.59 Å². The molecule has 2 aromatic carbocycles. The van der Waals surface area contributed by atoms with Crippen LogP contribution in [0, 0.1) is 5.92 Å². The molecule has 12 nitrogen and oxygen atoms in total. The van der Waals surface area contributed by atoms with Gasteiger partial charge in [0.15, 0.2) is 11.9 Å². The van der Waals surface area contributed by atoms with Gasteiger partial charge in [-0.05, 0) is 48.5 Å². The van der Waals surface area contributed by atoms with E-state index in [4.69, 9.17) is 14.2 Å². The largest absolute Gasteiger partial charge is 0.573 e. The van der Waals surface area contributed by atoms with Crippen LogP contribution < -0.4 is 18.9 Å². The number of fused-ring (bicyclic) bond motifs is 1. The number of hydrogen-bond acceptors (Lipinski definition) is 12. The quantitative estimate of drug-likeness (QED) is 0.233. The average Bonchev–Trinajstić information content (AvgIpc) is 2.94. The zero-order chi connectivity index (χ0) is 32.9. The second kappa shape index (κ2) is 11.4.